The van der Waals surface area contributed by atoms with Gasteiger partial charge in [0.2, 0.25) is 0 Å². The summed E-state index contributed by atoms with van der Waals surface area (Å²) in [7, 11) is 0. The zero-order valence-corrected chi connectivity index (χ0v) is 15.0. The summed E-state index contributed by atoms with van der Waals surface area (Å²) in [5, 5.41) is 4.61. The minimum absolute atomic E-state index is 0.0905. The van der Waals surface area contributed by atoms with Crippen molar-refractivity contribution in [2.24, 2.45) is 0 Å². The second-order valence-electron chi connectivity index (χ2n) is 5.25. The zero-order chi connectivity index (χ0) is 16.7. The molecule has 0 unspecified atom stereocenters. The predicted octanol–water partition coefficient (Wildman–Crippen LogP) is 3.99. The van der Waals surface area contributed by atoms with Crippen LogP contribution < -0.4 is 5.56 Å². The molecule has 0 amide bonds. The van der Waals surface area contributed by atoms with Crippen LogP contribution in [0.25, 0.3) is 21.3 Å². The number of fused-ring (bicyclic) bond motifs is 1. The highest BCUT2D eigenvalue weighted by Crippen LogP contribution is 2.35. The lowest BCUT2D eigenvalue weighted by Gasteiger charge is -2.05. The van der Waals surface area contributed by atoms with E-state index in [1.807, 2.05) is 37.3 Å². The van der Waals surface area contributed by atoms with Gasteiger partial charge in [0.1, 0.15) is 14.9 Å². The third-order valence-corrected chi connectivity index (χ3v) is 5.74. The Hall–Kier alpha value is -2.09. The van der Waals surface area contributed by atoms with E-state index in [4.69, 9.17) is 11.6 Å². The average molecular weight is 375 g/mol. The molecule has 4 rings (SSSR count). The van der Waals surface area contributed by atoms with Gasteiger partial charge >= 0.3 is 0 Å². The SMILES string of the molecule is Cc1sc2ncn(Cc3nnsc3Cl)c(=O)c2c1-c1ccccc1. The summed E-state index contributed by atoms with van der Waals surface area (Å²) in [6.45, 7) is 2.28. The van der Waals surface area contributed by atoms with Gasteiger partial charge in [-0.3, -0.25) is 9.36 Å². The van der Waals surface area contributed by atoms with Gasteiger partial charge in [-0.1, -0.05) is 46.4 Å². The third kappa shape index (κ3) is 2.54. The summed E-state index contributed by atoms with van der Waals surface area (Å²) in [5.74, 6) is 0. The monoisotopic (exact) mass is 374 g/mol. The fourth-order valence-corrected chi connectivity index (χ4v) is 4.27. The van der Waals surface area contributed by atoms with Crippen LogP contribution in [0, 0.1) is 6.92 Å². The molecule has 0 aliphatic rings. The van der Waals surface area contributed by atoms with E-state index in [1.54, 1.807) is 6.33 Å². The molecule has 1 aromatic carbocycles. The molecule has 0 N–H and O–H groups in total. The highest BCUT2D eigenvalue weighted by molar-refractivity contribution is 7.19. The fourth-order valence-electron chi connectivity index (χ4n) is 2.66. The maximum Gasteiger partial charge on any atom is 0.263 e. The number of thiophene rings is 1. The van der Waals surface area contributed by atoms with Crippen molar-refractivity contribution in [2.75, 3.05) is 0 Å². The van der Waals surface area contributed by atoms with Gasteiger partial charge in [0, 0.05) is 22.0 Å². The molecule has 0 saturated heterocycles. The normalized spacial score (nSPS) is 11.2. The van der Waals surface area contributed by atoms with Gasteiger partial charge in [0.05, 0.1) is 18.3 Å². The molecule has 0 radical (unpaired) electrons. The molecule has 24 heavy (non-hydrogen) atoms. The van der Waals surface area contributed by atoms with Gasteiger partial charge in [-0.15, -0.1) is 16.4 Å². The van der Waals surface area contributed by atoms with E-state index in [9.17, 15) is 4.79 Å². The molecule has 8 heteroatoms. The van der Waals surface area contributed by atoms with E-state index < -0.39 is 0 Å². The quantitative estimate of drug-likeness (QED) is 0.544. The molecule has 0 aliphatic heterocycles. The first-order valence-corrected chi connectivity index (χ1v) is 9.12. The van der Waals surface area contributed by atoms with E-state index >= 15 is 0 Å². The lowest BCUT2D eigenvalue weighted by Crippen LogP contribution is -2.21. The maximum atomic E-state index is 13.0. The van der Waals surface area contributed by atoms with Crippen LogP contribution in [0.15, 0.2) is 41.5 Å². The van der Waals surface area contributed by atoms with Crippen LogP contribution in [0.4, 0.5) is 0 Å². The van der Waals surface area contributed by atoms with Crippen molar-refractivity contribution < 1.29 is 0 Å². The standard InChI is InChI=1S/C16H11ClN4OS2/c1-9-12(10-5-3-2-4-6-10)13-15(23-9)18-8-21(16(13)22)7-11-14(17)24-20-19-11/h2-6,8H,7H2,1H3. The number of hydrogen-bond acceptors (Lipinski definition) is 6. The molecule has 0 bridgehead atoms. The third-order valence-electron chi connectivity index (χ3n) is 3.75. The second kappa shape index (κ2) is 6.08. The first-order chi connectivity index (χ1) is 11.6. The van der Waals surface area contributed by atoms with Gasteiger partial charge in [-0.2, -0.15) is 0 Å². The molecule has 3 aromatic heterocycles. The van der Waals surface area contributed by atoms with Crippen molar-refractivity contribution in [2.45, 2.75) is 13.5 Å². The molecule has 0 spiro atoms. The van der Waals surface area contributed by atoms with Crippen LogP contribution in [0.5, 0.6) is 0 Å². The summed E-state index contributed by atoms with van der Waals surface area (Å²) in [5.41, 5.74) is 2.46. The Balaban J connectivity index is 1.92. The number of benzene rings is 1. The Morgan fingerprint density at radius 3 is 2.75 bits per heavy atom. The summed E-state index contributed by atoms with van der Waals surface area (Å²) >= 11 is 8.69. The topological polar surface area (TPSA) is 60.7 Å². The fraction of sp³-hybridized carbons (Fsp3) is 0.125. The van der Waals surface area contributed by atoms with Gasteiger partial charge < -0.3 is 0 Å². The van der Waals surface area contributed by atoms with Crippen LogP contribution in [0.2, 0.25) is 4.34 Å². The highest BCUT2D eigenvalue weighted by atomic mass is 35.5. The van der Waals surface area contributed by atoms with Crippen LogP contribution in [0.1, 0.15) is 10.6 Å². The highest BCUT2D eigenvalue weighted by Gasteiger charge is 2.17. The second-order valence-corrected chi connectivity index (χ2v) is 7.81. The Morgan fingerprint density at radius 1 is 1.25 bits per heavy atom. The Bertz CT molecular complexity index is 1080. The van der Waals surface area contributed by atoms with Crippen molar-refractivity contribution in [1.29, 1.82) is 0 Å². The largest absolute Gasteiger partial charge is 0.292 e. The van der Waals surface area contributed by atoms with Crippen molar-refractivity contribution in [3.05, 3.63) is 61.9 Å². The number of hydrogen-bond donors (Lipinski definition) is 0. The smallest absolute Gasteiger partial charge is 0.263 e. The Kier molecular flexibility index (Phi) is 3.91. The van der Waals surface area contributed by atoms with Gasteiger partial charge in [0.25, 0.3) is 5.56 Å². The first kappa shape index (κ1) is 15.4. The predicted molar refractivity (Wildman–Crippen MR) is 98.1 cm³/mol. The molecule has 0 saturated carbocycles. The number of aryl methyl sites for hydroxylation is 1. The van der Waals surface area contributed by atoms with E-state index in [2.05, 4.69) is 14.6 Å². The Labute approximate surface area is 150 Å². The maximum absolute atomic E-state index is 13.0. The molecule has 0 atom stereocenters. The summed E-state index contributed by atoms with van der Waals surface area (Å²) in [6.07, 6.45) is 1.55. The molecule has 4 aromatic rings. The van der Waals surface area contributed by atoms with Crippen LogP contribution in [-0.2, 0) is 6.54 Å². The molecular weight excluding hydrogens is 364 g/mol. The molecule has 5 nitrogen and oxygen atoms in total. The van der Waals surface area contributed by atoms with Gasteiger partial charge in [0.15, 0.2) is 0 Å². The van der Waals surface area contributed by atoms with Crippen molar-refractivity contribution in [3.63, 3.8) is 0 Å². The Morgan fingerprint density at radius 2 is 2.04 bits per heavy atom. The average Bonchev–Trinajstić information content (AvgIpc) is 3.14. The van der Waals surface area contributed by atoms with Crippen molar-refractivity contribution in [1.82, 2.24) is 19.1 Å². The van der Waals surface area contributed by atoms with Crippen molar-refractivity contribution in [3.8, 4) is 11.1 Å². The van der Waals surface area contributed by atoms with Crippen LogP contribution in [0.3, 0.4) is 0 Å². The molecule has 3 heterocycles. The summed E-state index contributed by atoms with van der Waals surface area (Å²) < 4.78 is 5.83. The molecule has 0 fully saturated rings. The van der Waals surface area contributed by atoms with Gasteiger partial charge in [-0.05, 0) is 12.5 Å². The lowest BCUT2D eigenvalue weighted by atomic mass is 10.0. The van der Waals surface area contributed by atoms with Gasteiger partial charge in [-0.25, -0.2) is 4.98 Å². The van der Waals surface area contributed by atoms with Crippen LogP contribution >= 0.6 is 34.5 Å². The minimum atomic E-state index is -0.0905. The number of aromatic nitrogens is 4. The molecule has 120 valence electrons. The van der Waals surface area contributed by atoms with E-state index in [0.29, 0.717) is 15.4 Å². The molecule has 0 aliphatic carbocycles. The molecular formula is C16H11ClN4OS2. The van der Waals surface area contributed by atoms with Crippen LogP contribution in [-0.4, -0.2) is 19.1 Å². The first-order valence-electron chi connectivity index (χ1n) is 7.16. The van der Waals surface area contributed by atoms with E-state index in [-0.39, 0.29) is 12.1 Å². The van der Waals surface area contributed by atoms with E-state index in [1.165, 1.54) is 15.9 Å². The minimum Gasteiger partial charge on any atom is -0.292 e. The van der Waals surface area contributed by atoms with E-state index in [0.717, 1.165) is 32.4 Å². The summed E-state index contributed by atoms with van der Waals surface area (Å²) in [6, 6.07) is 9.90. The van der Waals surface area contributed by atoms with Crippen molar-refractivity contribution >= 4 is 44.7 Å². The summed E-state index contributed by atoms with van der Waals surface area (Å²) in [4.78, 5) is 19.3. The number of nitrogens with zero attached hydrogens (tertiary/aromatic N) is 4. The number of halogens is 1. The lowest BCUT2D eigenvalue weighted by molar-refractivity contribution is 0.727. The number of rotatable bonds is 3. The zero-order valence-electron chi connectivity index (χ0n) is 12.6.